The summed E-state index contributed by atoms with van der Waals surface area (Å²) in [6.07, 6.45) is -6.21. The Morgan fingerprint density at radius 2 is 1.73 bits per heavy atom. The summed E-state index contributed by atoms with van der Waals surface area (Å²) in [6, 6.07) is 6.77. The number of methoxy groups -OCH3 is 1. The molecule has 3 N–H and O–H groups in total. The van der Waals surface area contributed by atoms with Gasteiger partial charge in [0.25, 0.3) is 0 Å². The molecule has 0 unspecified atom stereocenters. The van der Waals surface area contributed by atoms with Crippen LogP contribution in [0.3, 0.4) is 0 Å². The van der Waals surface area contributed by atoms with Crippen molar-refractivity contribution < 1.29 is 42.4 Å². The highest BCUT2D eigenvalue weighted by atomic mass is 19.4. The van der Waals surface area contributed by atoms with Crippen LogP contribution in [0.15, 0.2) is 30.3 Å². The maximum atomic E-state index is 13.7. The first-order valence-electron chi connectivity index (χ1n) is 9.94. The Labute approximate surface area is 189 Å². The van der Waals surface area contributed by atoms with E-state index in [-0.39, 0.29) is 25.3 Å². The summed E-state index contributed by atoms with van der Waals surface area (Å²) in [7, 11) is 1.36. The fourth-order valence-corrected chi connectivity index (χ4v) is 3.12. The van der Waals surface area contributed by atoms with E-state index in [0.29, 0.717) is 11.1 Å². The number of ether oxygens (including phenoxy) is 2. The molecular formula is C23H26F3NO6. The van der Waals surface area contributed by atoms with Crippen LogP contribution in [0.2, 0.25) is 0 Å². The van der Waals surface area contributed by atoms with Crippen LogP contribution in [0.4, 0.5) is 18.0 Å². The van der Waals surface area contributed by atoms with E-state index in [4.69, 9.17) is 14.6 Å². The van der Waals surface area contributed by atoms with Crippen LogP contribution in [0.25, 0.3) is 0 Å². The number of Topliss-reactive ketones (excluding diaryl/α,β-unsaturated/α-hetero) is 1. The van der Waals surface area contributed by atoms with Gasteiger partial charge in [-0.15, -0.1) is 0 Å². The summed E-state index contributed by atoms with van der Waals surface area (Å²) < 4.78 is 51.8. The molecule has 2 aromatic carbocycles. The topological polar surface area (TPSA) is 105 Å². The molecule has 10 heteroatoms. The molecular weight excluding hydrogens is 443 g/mol. The number of nitrogens with one attached hydrogen (secondary N) is 1. The summed E-state index contributed by atoms with van der Waals surface area (Å²) in [5.74, 6) is -2.12. The van der Waals surface area contributed by atoms with Crippen molar-refractivity contribution in [1.29, 1.82) is 0 Å². The van der Waals surface area contributed by atoms with E-state index in [2.05, 4.69) is 5.32 Å². The second kappa shape index (κ2) is 10.0. The van der Waals surface area contributed by atoms with Crippen LogP contribution in [-0.4, -0.2) is 29.2 Å². The number of carbonyl (C=O) groups is 2. The highest BCUT2D eigenvalue weighted by Gasteiger charge is 2.40. The molecule has 0 spiro atoms. The number of halogens is 3. The Hall–Kier alpha value is -3.43. The smallest absolute Gasteiger partial charge is 0.423 e. The van der Waals surface area contributed by atoms with Crippen molar-refractivity contribution in [1.82, 2.24) is 5.32 Å². The van der Waals surface area contributed by atoms with Gasteiger partial charge in [0.15, 0.2) is 5.78 Å². The summed E-state index contributed by atoms with van der Waals surface area (Å²) in [5.41, 5.74) is -1.34. The van der Waals surface area contributed by atoms with E-state index in [1.807, 2.05) is 0 Å². The van der Waals surface area contributed by atoms with Crippen molar-refractivity contribution in [3.8, 4) is 17.2 Å². The maximum Gasteiger partial charge on any atom is 0.423 e. The number of phenolic OH excluding ortho intramolecular Hbond substituents is 1. The molecule has 0 aliphatic heterocycles. The highest BCUT2D eigenvalue weighted by Crippen LogP contribution is 2.44. The van der Waals surface area contributed by atoms with Gasteiger partial charge in [-0.2, -0.15) is 13.2 Å². The number of hydrogen-bond acceptors (Lipinski definition) is 5. The predicted octanol–water partition coefficient (Wildman–Crippen LogP) is 5.39. The average molecular weight is 469 g/mol. The molecule has 33 heavy (non-hydrogen) atoms. The van der Waals surface area contributed by atoms with Gasteiger partial charge in [0.1, 0.15) is 29.4 Å². The molecule has 0 atom stereocenters. The van der Waals surface area contributed by atoms with Crippen molar-refractivity contribution in [2.24, 2.45) is 5.41 Å². The van der Waals surface area contributed by atoms with Crippen LogP contribution in [0, 0.1) is 5.41 Å². The molecule has 0 bridgehead atoms. The normalized spacial score (nSPS) is 11.7. The number of carboxylic acid groups (broad SMARTS) is 1. The van der Waals surface area contributed by atoms with Crippen LogP contribution >= 0.6 is 0 Å². The van der Waals surface area contributed by atoms with Gasteiger partial charge >= 0.3 is 12.3 Å². The van der Waals surface area contributed by atoms with Crippen molar-refractivity contribution >= 4 is 11.9 Å². The number of phenols is 1. The number of rotatable bonds is 8. The third-order valence-corrected chi connectivity index (χ3v) is 4.59. The Balaban J connectivity index is 2.33. The molecule has 180 valence electrons. The van der Waals surface area contributed by atoms with Crippen LogP contribution in [0.5, 0.6) is 17.2 Å². The Morgan fingerprint density at radius 3 is 2.27 bits per heavy atom. The maximum absolute atomic E-state index is 13.7. The van der Waals surface area contributed by atoms with Crippen molar-refractivity contribution in [2.75, 3.05) is 7.11 Å². The van der Waals surface area contributed by atoms with Gasteiger partial charge in [-0.1, -0.05) is 32.9 Å². The Morgan fingerprint density at radius 1 is 1.06 bits per heavy atom. The monoisotopic (exact) mass is 469 g/mol. The van der Waals surface area contributed by atoms with Crippen LogP contribution in [-0.2, 0) is 19.3 Å². The molecule has 1 amide bonds. The van der Waals surface area contributed by atoms with Gasteiger partial charge in [-0.3, -0.25) is 4.79 Å². The quantitative estimate of drug-likeness (QED) is 0.448. The number of carbonyl (C=O) groups excluding carboxylic acids is 1. The molecule has 0 radical (unpaired) electrons. The second-order valence-corrected chi connectivity index (χ2v) is 8.59. The molecule has 0 saturated carbocycles. The summed E-state index contributed by atoms with van der Waals surface area (Å²) in [4.78, 5) is 23.1. The van der Waals surface area contributed by atoms with E-state index in [9.17, 15) is 27.9 Å². The lowest BCUT2D eigenvalue weighted by molar-refractivity contribution is -0.140. The highest BCUT2D eigenvalue weighted by molar-refractivity contribution is 5.99. The lowest BCUT2D eigenvalue weighted by atomic mass is 9.87. The minimum absolute atomic E-state index is 0.0168. The van der Waals surface area contributed by atoms with E-state index >= 15 is 0 Å². The lowest BCUT2D eigenvalue weighted by Crippen LogP contribution is -2.20. The summed E-state index contributed by atoms with van der Waals surface area (Å²) >= 11 is 0. The first-order chi connectivity index (χ1) is 15.2. The largest absolute Gasteiger partial charge is 0.506 e. The van der Waals surface area contributed by atoms with Crippen LogP contribution < -0.4 is 14.8 Å². The minimum Gasteiger partial charge on any atom is -0.506 e. The summed E-state index contributed by atoms with van der Waals surface area (Å²) in [6.45, 7) is 4.98. The van der Waals surface area contributed by atoms with E-state index < -0.39 is 46.1 Å². The number of benzene rings is 2. The second-order valence-electron chi connectivity index (χ2n) is 8.59. The van der Waals surface area contributed by atoms with Gasteiger partial charge in [0, 0.05) is 18.5 Å². The SMILES string of the molecule is COc1cc(CNC(=O)O)ccc1COc1ccc(C(=O)CC(C)(C)C)c(O)c1C(F)(F)F. The van der Waals surface area contributed by atoms with E-state index in [1.54, 1.807) is 26.8 Å². The van der Waals surface area contributed by atoms with Crippen molar-refractivity contribution in [3.05, 3.63) is 52.6 Å². The van der Waals surface area contributed by atoms with Gasteiger partial charge in [0.2, 0.25) is 0 Å². The Kier molecular flexibility index (Phi) is 7.84. The fraction of sp³-hybridized carbons (Fsp3) is 0.391. The molecule has 0 aromatic heterocycles. The third kappa shape index (κ3) is 7.03. The number of hydrogen-bond donors (Lipinski definition) is 3. The zero-order chi connectivity index (χ0) is 25.0. The molecule has 7 nitrogen and oxygen atoms in total. The number of aromatic hydroxyl groups is 1. The van der Waals surface area contributed by atoms with Crippen molar-refractivity contribution in [3.63, 3.8) is 0 Å². The average Bonchev–Trinajstić information content (AvgIpc) is 2.68. The van der Waals surface area contributed by atoms with E-state index in [1.165, 1.54) is 19.2 Å². The van der Waals surface area contributed by atoms with Gasteiger partial charge < -0.3 is 25.0 Å². The predicted molar refractivity (Wildman–Crippen MR) is 114 cm³/mol. The molecule has 2 rings (SSSR count). The summed E-state index contributed by atoms with van der Waals surface area (Å²) in [5, 5.41) is 21.2. The van der Waals surface area contributed by atoms with Gasteiger partial charge in [0.05, 0.1) is 12.7 Å². The molecule has 0 aliphatic carbocycles. The van der Waals surface area contributed by atoms with Gasteiger partial charge in [-0.25, -0.2) is 4.79 Å². The van der Waals surface area contributed by atoms with E-state index in [0.717, 1.165) is 12.1 Å². The first-order valence-corrected chi connectivity index (χ1v) is 9.94. The fourth-order valence-electron chi connectivity index (χ4n) is 3.12. The number of amides is 1. The minimum atomic E-state index is -4.96. The lowest BCUT2D eigenvalue weighted by Gasteiger charge is -2.20. The molecule has 2 aromatic rings. The number of ketones is 1. The first kappa shape index (κ1) is 25.8. The zero-order valence-corrected chi connectivity index (χ0v) is 18.7. The Bertz CT molecular complexity index is 1030. The zero-order valence-electron chi connectivity index (χ0n) is 18.7. The molecule has 0 heterocycles. The molecule has 0 aliphatic rings. The standard InChI is InChI=1S/C23H26F3NO6/c1-22(2,3)10-16(28)15-7-8-17(19(20(15)29)23(24,25)26)33-12-14-6-5-13(9-18(14)32-4)11-27-21(30)31/h5-9,27,29H,10-12H2,1-4H3,(H,30,31). The molecule has 0 saturated heterocycles. The van der Waals surface area contributed by atoms with Gasteiger partial charge in [-0.05, 0) is 29.2 Å². The number of alkyl halides is 3. The molecule has 0 fully saturated rings. The van der Waals surface area contributed by atoms with Crippen LogP contribution in [0.1, 0.15) is 54.2 Å². The third-order valence-electron chi connectivity index (χ3n) is 4.59. The van der Waals surface area contributed by atoms with Crippen molar-refractivity contribution in [2.45, 2.75) is 46.5 Å².